The van der Waals surface area contributed by atoms with Crippen molar-refractivity contribution in [3.05, 3.63) is 51.2 Å². The highest BCUT2D eigenvalue weighted by atomic mass is 35.5. The van der Waals surface area contributed by atoms with E-state index in [2.05, 4.69) is 0 Å². The van der Waals surface area contributed by atoms with Crippen molar-refractivity contribution >= 4 is 46.6 Å². The number of methoxy groups -OCH3 is 1. The molecule has 1 aromatic heterocycles. The number of nitrogens with zero attached hydrogens (tertiary/aromatic N) is 1. The summed E-state index contributed by atoms with van der Waals surface area (Å²) in [7, 11) is 1.36. The summed E-state index contributed by atoms with van der Waals surface area (Å²) in [5.74, 6) is -0.375. The molecule has 0 aliphatic carbocycles. The third-order valence-corrected chi connectivity index (χ3v) is 5.97. The monoisotopic (exact) mass is 397 g/mol. The Hall–Kier alpha value is -1.50. The van der Waals surface area contributed by atoms with E-state index in [-0.39, 0.29) is 17.1 Å². The molecular weight excluding hydrogens is 378 g/mol. The second-order valence-electron chi connectivity index (χ2n) is 5.30. The standard InChI is InChI=1S/C18H20ClNO3S2/c1-4-20(11-13-9-10-16(19)25-13)17(21)14-7-5-6-8-15(14)24-12(2)18(22)23-3/h5-10,12H,4,11H2,1-3H3/t12-/m0/s1. The summed E-state index contributed by atoms with van der Waals surface area (Å²) in [5.41, 5.74) is 0.591. The summed E-state index contributed by atoms with van der Waals surface area (Å²) in [6.07, 6.45) is 0. The molecule has 1 heterocycles. The Morgan fingerprint density at radius 1 is 1.28 bits per heavy atom. The molecule has 0 fully saturated rings. The molecule has 4 nitrogen and oxygen atoms in total. The number of esters is 1. The molecule has 25 heavy (non-hydrogen) atoms. The lowest BCUT2D eigenvalue weighted by atomic mass is 10.2. The number of ether oxygens (including phenoxy) is 1. The first-order valence-corrected chi connectivity index (χ1v) is 9.90. The van der Waals surface area contributed by atoms with Gasteiger partial charge in [0, 0.05) is 16.3 Å². The second-order valence-corrected chi connectivity index (χ2v) is 8.49. The number of rotatable bonds is 7. The van der Waals surface area contributed by atoms with Crippen molar-refractivity contribution in [3.8, 4) is 0 Å². The number of thiophene rings is 1. The topological polar surface area (TPSA) is 46.6 Å². The van der Waals surface area contributed by atoms with Crippen molar-refractivity contribution in [1.82, 2.24) is 4.90 Å². The van der Waals surface area contributed by atoms with Crippen LogP contribution in [0.25, 0.3) is 0 Å². The van der Waals surface area contributed by atoms with Crippen LogP contribution in [0.4, 0.5) is 0 Å². The van der Waals surface area contributed by atoms with Gasteiger partial charge in [-0.15, -0.1) is 23.1 Å². The van der Waals surface area contributed by atoms with Gasteiger partial charge >= 0.3 is 5.97 Å². The van der Waals surface area contributed by atoms with E-state index < -0.39 is 0 Å². The third kappa shape index (κ3) is 5.23. The molecule has 0 spiro atoms. The predicted octanol–water partition coefficient (Wildman–Crippen LogP) is 4.72. The second kappa shape index (κ2) is 9.27. The number of hydrogen-bond acceptors (Lipinski definition) is 5. The van der Waals surface area contributed by atoms with E-state index in [9.17, 15) is 9.59 Å². The maximum atomic E-state index is 13.0. The zero-order valence-corrected chi connectivity index (χ0v) is 16.7. The fraction of sp³-hybridized carbons (Fsp3) is 0.333. The normalized spacial score (nSPS) is 11.8. The van der Waals surface area contributed by atoms with Crippen LogP contribution in [0.1, 0.15) is 29.1 Å². The lowest BCUT2D eigenvalue weighted by molar-refractivity contribution is -0.139. The molecule has 0 saturated heterocycles. The van der Waals surface area contributed by atoms with Gasteiger partial charge in [-0.25, -0.2) is 0 Å². The van der Waals surface area contributed by atoms with E-state index in [0.717, 1.165) is 9.77 Å². The highest BCUT2D eigenvalue weighted by Gasteiger charge is 2.22. The fourth-order valence-corrected chi connectivity index (χ4v) is 4.39. The Kier molecular flexibility index (Phi) is 7.35. The van der Waals surface area contributed by atoms with Crippen LogP contribution in [0.3, 0.4) is 0 Å². The van der Waals surface area contributed by atoms with Crippen molar-refractivity contribution in [2.24, 2.45) is 0 Å². The van der Waals surface area contributed by atoms with Gasteiger partial charge in [-0.1, -0.05) is 23.7 Å². The van der Waals surface area contributed by atoms with Crippen LogP contribution in [0.2, 0.25) is 4.34 Å². The molecule has 0 radical (unpaired) electrons. The number of halogens is 1. The lowest BCUT2D eigenvalue weighted by Crippen LogP contribution is -2.30. The number of hydrogen-bond donors (Lipinski definition) is 0. The maximum absolute atomic E-state index is 13.0. The minimum absolute atomic E-state index is 0.0628. The molecule has 2 aromatic rings. The first kappa shape index (κ1) is 19.8. The predicted molar refractivity (Wildman–Crippen MR) is 104 cm³/mol. The zero-order valence-electron chi connectivity index (χ0n) is 14.3. The first-order chi connectivity index (χ1) is 12.0. The van der Waals surface area contributed by atoms with Gasteiger partial charge < -0.3 is 9.64 Å². The van der Waals surface area contributed by atoms with Crippen molar-refractivity contribution in [1.29, 1.82) is 0 Å². The van der Waals surface area contributed by atoms with E-state index >= 15 is 0 Å². The van der Waals surface area contributed by atoms with E-state index in [4.69, 9.17) is 16.3 Å². The number of amides is 1. The van der Waals surface area contributed by atoms with Crippen LogP contribution in [-0.2, 0) is 16.1 Å². The van der Waals surface area contributed by atoms with Crippen molar-refractivity contribution in [3.63, 3.8) is 0 Å². The van der Waals surface area contributed by atoms with Crippen molar-refractivity contribution in [2.45, 2.75) is 30.5 Å². The van der Waals surface area contributed by atoms with Crippen LogP contribution in [0.5, 0.6) is 0 Å². The SMILES string of the molecule is CCN(Cc1ccc(Cl)s1)C(=O)c1ccccc1S[C@@H](C)C(=O)OC. The Morgan fingerprint density at radius 2 is 2.00 bits per heavy atom. The molecule has 0 bridgehead atoms. The molecule has 134 valence electrons. The highest BCUT2D eigenvalue weighted by Crippen LogP contribution is 2.29. The van der Waals surface area contributed by atoms with Gasteiger partial charge in [0.15, 0.2) is 0 Å². The van der Waals surface area contributed by atoms with Crippen molar-refractivity contribution in [2.75, 3.05) is 13.7 Å². The number of benzene rings is 1. The Bertz CT molecular complexity index is 747. The van der Waals surface area contributed by atoms with Gasteiger partial charge in [0.25, 0.3) is 5.91 Å². The number of carbonyl (C=O) groups is 2. The number of carbonyl (C=O) groups excluding carboxylic acids is 2. The van der Waals surface area contributed by atoms with Crippen LogP contribution < -0.4 is 0 Å². The summed E-state index contributed by atoms with van der Waals surface area (Å²) < 4.78 is 5.48. The van der Waals surface area contributed by atoms with E-state index in [1.807, 2.05) is 37.3 Å². The molecule has 0 saturated carbocycles. The Morgan fingerprint density at radius 3 is 2.60 bits per heavy atom. The molecular formula is C18H20ClNO3S2. The summed E-state index contributed by atoms with van der Waals surface area (Å²) in [4.78, 5) is 28.3. The summed E-state index contributed by atoms with van der Waals surface area (Å²) in [6.45, 7) is 4.81. The summed E-state index contributed by atoms with van der Waals surface area (Å²) in [6, 6.07) is 11.1. The van der Waals surface area contributed by atoms with Gasteiger partial charge in [-0.3, -0.25) is 9.59 Å². The molecule has 0 aliphatic rings. The van der Waals surface area contributed by atoms with E-state index in [1.165, 1.54) is 30.2 Å². The average molecular weight is 398 g/mol. The lowest BCUT2D eigenvalue weighted by Gasteiger charge is -2.22. The highest BCUT2D eigenvalue weighted by molar-refractivity contribution is 8.00. The van der Waals surface area contributed by atoms with Crippen molar-refractivity contribution < 1.29 is 14.3 Å². The van der Waals surface area contributed by atoms with Gasteiger partial charge in [0.05, 0.1) is 23.6 Å². The summed E-state index contributed by atoms with van der Waals surface area (Å²) in [5, 5.41) is -0.384. The number of thioether (sulfide) groups is 1. The molecule has 1 aromatic carbocycles. The van der Waals surface area contributed by atoms with Gasteiger partial charge in [-0.2, -0.15) is 0 Å². The van der Waals surface area contributed by atoms with E-state index in [0.29, 0.717) is 23.0 Å². The van der Waals surface area contributed by atoms with Crippen LogP contribution in [-0.4, -0.2) is 35.7 Å². The van der Waals surface area contributed by atoms with Crippen LogP contribution in [0.15, 0.2) is 41.3 Å². The first-order valence-electron chi connectivity index (χ1n) is 7.83. The average Bonchev–Trinajstić information content (AvgIpc) is 3.03. The minimum Gasteiger partial charge on any atom is -0.468 e. The Labute approximate surface area is 161 Å². The molecule has 7 heteroatoms. The minimum atomic E-state index is -0.384. The maximum Gasteiger partial charge on any atom is 0.318 e. The van der Waals surface area contributed by atoms with E-state index in [1.54, 1.807) is 17.9 Å². The molecule has 0 unspecified atom stereocenters. The molecule has 1 amide bonds. The molecule has 2 rings (SSSR count). The van der Waals surface area contributed by atoms with Crippen LogP contribution in [0, 0.1) is 0 Å². The molecule has 0 aliphatic heterocycles. The fourth-order valence-electron chi connectivity index (χ4n) is 2.27. The quantitative estimate of drug-likeness (QED) is 0.501. The molecule has 1 atom stereocenters. The molecule has 0 N–H and O–H groups in total. The summed E-state index contributed by atoms with van der Waals surface area (Å²) >= 11 is 8.78. The Balaban J connectivity index is 2.20. The van der Waals surface area contributed by atoms with Crippen LogP contribution >= 0.6 is 34.7 Å². The smallest absolute Gasteiger partial charge is 0.318 e. The van der Waals surface area contributed by atoms with Gasteiger partial charge in [0.1, 0.15) is 5.25 Å². The third-order valence-electron chi connectivity index (χ3n) is 3.60. The van der Waals surface area contributed by atoms with Gasteiger partial charge in [0.2, 0.25) is 0 Å². The zero-order chi connectivity index (χ0) is 18.4. The largest absolute Gasteiger partial charge is 0.468 e. The van der Waals surface area contributed by atoms with Gasteiger partial charge in [-0.05, 0) is 38.1 Å².